The molecule has 0 amide bonds. The van der Waals surface area contributed by atoms with Gasteiger partial charge in [-0.3, -0.25) is 5.43 Å². The molecular weight excluding hydrogens is 338 g/mol. The molecule has 2 rings (SSSR count). The number of rotatable bonds is 5. The molecule has 9 heteroatoms. The van der Waals surface area contributed by atoms with E-state index in [9.17, 15) is 0 Å². The van der Waals surface area contributed by atoms with Crippen molar-refractivity contribution in [3.05, 3.63) is 28.2 Å². The van der Waals surface area contributed by atoms with Crippen LogP contribution in [0.2, 0.25) is 0 Å². The summed E-state index contributed by atoms with van der Waals surface area (Å²) < 4.78 is 6.04. The van der Waals surface area contributed by atoms with Crippen LogP contribution in [0.5, 0.6) is 6.01 Å². The number of hydrogen-bond acceptors (Lipinski definition) is 8. The topological polar surface area (TPSA) is 122 Å². The summed E-state index contributed by atoms with van der Waals surface area (Å²) in [6.07, 6.45) is 0. The Morgan fingerprint density at radius 3 is 2.76 bits per heavy atom. The summed E-state index contributed by atoms with van der Waals surface area (Å²) in [4.78, 5) is 12.1. The molecule has 0 fully saturated rings. The summed E-state index contributed by atoms with van der Waals surface area (Å²) in [5.41, 5.74) is 3.35. The standard InChI is InChI=1S/C12H12BrN7O/c1-2-21-12-18-10(17-11(19-12)20-15)16-9-4-3-8(13)5-7(9)6-14/h3-5H,2,15H2,1H3,(H2,16,17,18,19,20). The Hall–Kier alpha value is -2.44. The number of hydrazine groups is 1. The maximum Gasteiger partial charge on any atom is 0.323 e. The lowest BCUT2D eigenvalue weighted by molar-refractivity contribution is 0.312. The first kappa shape index (κ1) is 15.0. The van der Waals surface area contributed by atoms with Crippen molar-refractivity contribution in [3.8, 4) is 12.1 Å². The highest BCUT2D eigenvalue weighted by Gasteiger charge is 2.09. The second-order valence-corrected chi connectivity index (χ2v) is 4.68. The molecule has 4 N–H and O–H groups in total. The Morgan fingerprint density at radius 2 is 2.10 bits per heavy atom. The minimum absolute atomic E-state index is 0.138. The van der Waals surface area contributed by atoms with E-state index < -0.39 is 0 Å². The number of nitrogens with two attached hydrogens (primary N) is 1. The fourth-order valence-electron chi connectivity index (χ4n) is 1.51. The van der Waals surface area contributed by atoms with Gasteiger partial charge in [0.25, 0.3) is 0 Å². The zero-order valence-corrected chi connectivity index (χ0v) is 12.7. The molecule has 0 unspecified atom stereocenters. The Balaban J connectivity index is 2.35. The van der Waals surface area contributed by atoms with Crippen LogP contribution >= 0.6 is 15.9 Å². The van der Waals surface area contributed by atoms with Gasteiger partial charge in [0.15, 0.2) is 0 Å². The smallest absolute Gasteiger partial charge is 0.323 e. The summed E-state index contributed by atoms with van der Waals surface area (Å²) in [5, 5.41) is 12.1. The van der Waals surface area contributed by atoms with E-state index in [0.717, 1.165) is 4.47 Å². The Kier molecular flexibility index (Phi) is 4.86. The number of halogens is 1. The van der Waals surface area contributed by atoms with E-state index in [1.165, 1.54) is 0 Å². The van der Waals surface area contributed by atoms with Crippen molar-refractivity contribution in [2.24, 2.45) is 5.84 Å². The van der Waals surface area contributed by atoms with E-state index >= 15 is 0 Å². The second kappa shape index (κ2) is 6.83. The Labute approximate surface area is 129 Å². The average molecular weight is 350 g/mol. The summed E-state index contributed by atoms with van der Waals surface area (Å²) in [5.74, 6) is 5.69. The van der Waals surface area contributed by atoms with Crippen molar-refractivity contribution in [1.82, 2.24) is 15.0 Å². The molecule has 0 saturated heterocycles. The van der Waals surface area contributed by atoms with Gasteiger partial charge in [0.2, 0.25) is 11.9 Å². The van der Waals surface area contributed by atoms with Crippen molar-refractivity contribution in [2.45, 2.75) is 6.92 Å². The molecule has 0 radical (unpaired) electrons. The molecule has 0 aliphatic heterocycles. The van der Waals surface area contributed by atoms with Crippen molar-refractivity contribution in [1.29, 1.82) is 5.26 Å². The number of anilines is 3. The molecule has 0 aliphatic rings. The number of hydrogen-bond donors (Lipinski definition) is 3. The molecule has 0 saturated carbocycles. The van der Waals surface area contributed by atoms with E-state index in [4.69, 9.17) is 15.8 Å². The predicted molar refractivity (Wildman–Crippen MR) is 80.9 cm³/mol. The van der Waals surface area contributed by atoms with Crippen LogP contribution in [0.4, 0.5) is 17.6 Å². The van der Waals surface area contributed by atoms with Gasteiger partial charge in [0.05, 0.1) is 17.9 Å². The molecule has 1 heterocycles. The number of nitriles is 1. The number of aromatic nitrogens is 3. The zero-order chi connectivity index (χ0) is 15.2. The van der Waals surface area contributed by atoms with E-state index in [0.29, 0.717) is 17.9 Å². The summed E-state index contributed by atoms with van der Waals surface area (Å²) in [6, 6.07) is 7.46. The number of ether oxygens (including phenoxy) is 1. The highest BCUT2D eigenvalue weighted by Crippen LogP contribution is 2.23. The second-order valence-electron chi connectivity index (χ2n) is 3.77. The fraction of sp³-hybridized carbons (Fsp3) is 0.167. The van der Waals surface area contributed by atoms with Crippen LogP contribution in [-0.2, 0) is 0 Å². The molecule has 0 aliphatic carbocycles. The number of nitrogens with zero attached hydrogens (tertiary/aromatic N) is 4. The van der Waals surface area contributed by atoms with Crippen LogP contribution < -0.4 is 21.3 Å². The van der Waals surface area contributed by atoms with E-state index in [-0.39, 0.29) is 17.9 Å². The highest BCUT2D eigenvalue weighted by atomic mass is 79.9. The molecule has 2 aromatic rings. The van der Waals surface area contributed by atoms with Crippen LogP contribution in [0, 0.1) is 11.3 Å². The molecule has 21 heavy (non-hydrogen) atoms. The Morgan fingerprint density at radius 1 is 1.33 bits per heavy atom. The van der Waals surface area contributed by atoms with Gasteiger partial charge >= 0.3 is 6.01 Å². The third-order valence-electron chi connectivity index (χ3n) is 2.37. The van der Waals surface area contributed by atoms with Gasteiger partial charge in [-0.1, -0.05) is 15.9 Å². The van der Waals surface area contributed by atoms with Gasteiger partial charge < -0.3 is 10.1 Å². The Bertz CT molecular complexity index is 686. The van der Waals surface area contributed by atoms with Crippen LogP contribution in [0.25, 0.3) is 0 Å². The van der Waals surface area contributed by atoms with Gasteiger partial charge in [0.1, 0.15) is 6.07 Å². The first-order chi connectivity index (χ1) is 10.2. The lowest BCUT2D eigenvalue weighted by Crippen LogP contribution is -2.13. The van der Waals surface area contributed by atoms with Crippen molar-refractivity contribution >= 4 is 33.5 Å². The molecule has 0 atom stereocenters. The van der Waals surface area contributed by atoms with Crippen molar-refractivity contribution < 1.29 is 4.74 Å². The highest BCUT2D eigenvalue weighted by molar-refractivity contribution is 9.10. The lowest BCUT2D eigenvalue weighted by atomic mass is 10.2. The maximum atomic E-state index is 9.14. The van der Waals surface area contributed by atoms with E-state index in [1.807, 2.05) is 6.92 Å². The monoisotopic (exact) mass is 349 g/mol. The quantitative estimate of drug-likeness (QED) is 0.552. The minimum atomic E-state index is 0.138. The third kappa shape index (κ3) is 3.77. The van der Waals surface area contributed by atoms with Crippen LogP contribution in [0.1, 0.15) is 12.5 Å². The number of nitrogens with one attached hydrogen (secondary N) is 2. The third-order valence-corrected chi connectivity index (χ3v) is 2.86. The molecule has 8 nitrogen and oxygen atoms in total. The molecule has 1 aromatic heterocycles. The van der Waals surface area contributed by atoms with Gasteiger partial charge in [-0.25, -0.2) is 5.84 Å². The van der Waals surface area contributed by atoms with Crippen LogP contribution in [0.3, 0.4) is 0 Å². The predicted octanol–water partition coefficient (Wildman–Crippen LogP) is 1.93. The molecule has 0 bridgehead atoms. The maximum absolute atomic E-state index is 9.14. The number of nitrogen functional groups attached to an aromatic ring is 1. The first-order valence-corrected chi connectivity index (χ1v) is 6.77. The summed E-state index contributed by atoms with van der Waals surface area (Å²) in [6.45, 7) is 2.23. The number of benzene rings is 1. The van der Waals surface area contributed by atoms with E-state index in [2.05, 4.69) is 47.7 Å². The first-order valence-electron chi connectivity index (χ1n) is 5.98. The normalized spacial score (nSPS) is 9.81. The van der Waals surface area contributed by atoms with Gasteiger partial charge in [-0.2, -0.15) is 20.2 Å². The van der Waals surface area contributed by atoms with Gasteiger partial charge in [-0.15, -0.1) is 0 Å². The minimum Gasteiger partial charge on any atom is -0.464 e. The largest absolute Gasteiger partial charge is 0.464 e. The van der Waals surface area contributed by atoms with Gasteiger partial charge in [0, 0.05) is 4.47 Å². The average Bonchev–Trinajstić information content (AvgIpc) is 2.49. The molecule has 108 valence electrons. The van der Waals surface area contributed by atoms with Crippen molar-refractivity contribution in [2.75, 3.05) is 17.3 Å². The fourth-order valence-corrected chi connectivity index (χ4v) is 1.87. The van der Waals surface area contributed by atoms with Gasteiger partial charge in [-0.05, 0) is 25.1 Å². The molecule has 0 spiro atoms. The van der Waals surface area contributed by atoms with Crippen LogP contribution in [0.15, 0.2) is 22.7 Å². The zero-order valence-electron chi connectivity index (χ0n) is 11.1. The van der Waals surface area contributed by atoms with E-state index in [1.54, 1.807) is 18.2 Å². The molecule has 1 aromatic carbocycles. The van der Waals surface area contributed by atoms with Crippen LogP contribution in [-0.4, -0.2) is 21.6 Å². The van der Waals surface area contributed by atoms with Crippen molar-refractivity contribution in [3.63, 3.8) is 0 Å². The lowest BCUT2D eigenvalue weighted by Gasteiger charge is -2.09. The summed E-state index contributed by atoms with van der Waals surface area (Å²) >= 11 is 3.31. The molecular formula is C12H12BrN7O. The summed E-state index contributed by atoms with van der Waals surface area (Å²) in [7, 11) is 0. The SMILES string of the molecule is CCOc1nc(NN)nc(Nc2ccc(Br)cc2C#N)n1.